The third-order valence-electron chi connectivity index (χ3n) is 2.45. The van der Waals surface area contributed by atoms with Crippen molar-refractivity contribution >= 4 is 11.7 Å². The molecule has 4 heteroatoms. The summed E-state index contributed by atoms with van der Waals surface area (Å²) in [5, 5.41) is 11.8. The van der Waals surface area contributed by atoms with Crippen molar-refractivity contribution < 1.29 is 14.3 Å². The van der Waals surface area contributed by atoms with Gasteiger partial charge in [-0.3, -0.25) is 4.79 Å². The Hall–Kier alpha value is -1.58. The van der Waals surface area contributed by atoms with Crippen molar-refractivity contribution in [2.24, 2.45) is 0 Å². The van der Waals surface area contributed by atoms with E-state index in [2.05, 4.69) is 5.32 Å². The van der Waals surface area contributed by atoms with Crippen LogP contribution >= 0.6 is 0 Å². The maximum Gasteiger partial charge on any atom is 0.311 e. The minimum absolute atomic E-state index is 0.339. The Bertz CT molecular complexity index is 378. The van der Waals surface area contributed by atoms with E-state index in [0.29, 0.717) is 24.2 Å². The van der Waals surface area contributed by atoms with Crippen molar-refractivity contribution in [1.82, 2.24) is 0 Å². The largest absolute Gasteiger partial charge is 0.481 e. The van der Waals surface area contributed by atoms with Gasteiger partial charge in [-0.05, 0) is 18.1 Å². The van der Waals surface area contributed by atoms with Gasteiger partial charge in [-0.15, -0.1) is 0 Å². The van der Waals surface area contributed by atoms with Gasteiger partial charge in [-0.2, -0.15) is 0 Å². The van der Waals surface area contributed by atoms with Crippen LogP contribution in [0.3, 0.4) is 0 Å². The van der Waals surface area contributed by atoms with Crippen LogP contribution in [-0.4, -0.2) is 17.6 Å². The van der Waals surface area contributed by atoms with E-state index >= 15 is 0 Å². The van der Waals surface area contributed by atoms with E-state index in [4.69, 9.17) is 5.11 Å². The molecule has 1 atom stereocenters. The summed E-state index contributed by atoms with van der Waals surface area (Å²) < 4.78 is 13.3. The van der Waals surface area contributed by atoms with Crippen LogP contribution in [0.4, 0.5) is 10.1 Å². The highest BCUT2D eigenvalue weighted by molar-refractivity contribution is 5.80. The average Bonchev–Trinajstić information content (AvgIpc) is 2.17. The summed E-state index contributed by atoms with van der Waals surface area (Å²) in [6, 6.07) is 4.52. The molecule has 74 valence electrons. The third-order valence-corrected chi connectivity index (χ3v) is 2.45. The van der Waals surface area contributed by atoms with E-state index in [1.807, 2.05) is 0 Å². The van der Waals surface area contributed by atoms with E-state index < -0.39 is 11.9 Å². The molecule has 0 fully saturated rings. The number of para-hydroxylation sites is 1. The van der Waals surface area contributed by atoms with Crippen LogP contribution in [0.2, 0.25) is 0 Å². The van der Waals surface area contributed by atoms with Crippen molar-refractivity contribution in [3.8, 4) is 0 Å². The molecule has 0 saturated heterocycles. The number of aliphatic carboxylic acids is 1. The number of carboxylic acids is 1. The molecule has 0 spiro atoms. The number of carbonyl (C=O) groups is 1. The van der Waals surface area contributed by atoms with Gasteiger partial charge in [0.1, 0.15) is 5.82 Å². The van der Waals surface area contributed by atoms with Crippen LogP contribution in [0.1, 0.15) is 17.9 Å². The average molecular weight is 195 g/mol. The van der Waals surface area contributed by atoms with E-state index in [9.17, 15) is 9.18 Å². The topological polar surface area (TPSA) is 49.3 Å². The summed E-state index contributed by atoms with van der Waals surface area (Å²) in [5.41, 5.74) is 0.884. The van der Waals surface area contributed by atoms with Gasteiger partial charge >= 0.3 is 5.97 Å². The standard InChI is InChI=1S/C10H10FNO2/c11-8-3-1-2-6-7(10(13)14)4-5-12-9(6)8/h1-3,7,12H,4-5H2,(H,13,14). The first kappa shape index (κ1) is 8.99. The normalized spacial score (nSPS) is 19.6. The van der Waals surface area contributed by atoms with Crippen LogP contribution in [0.15, 0.2) is 18.2 Å². The van der Waals surface area contributed by atoms with Crippen molar-refractivity contribution in [3.05, 3.63) is 29.6 Å². The second kappa shape index (κ2) is 3.29. The number of fused-ring (bicyclic) bond motifs is 1. The first-order chi connectivity index (χ1) is 6.70. The van der Waals surface area contributed by atoms with E-state index in [1.54, 1.807) is 6.07 Å². The second-order valence-electron chi connectivity index (χ2n) is 3.31. The van der Waals surface area contributed by atoms with Crippen LogP contribution in [-0.2, 0) is 4.79 Å². The number of halogens is 1. The van der Waals surface area contributed by atoms with Crippen molar-refractivity contribution in [2.75, 3.05) is 11.9 Å². The monoisotopic (exact) mass is 195 g/mol. The molecule has 0 aliphatic carbocycles. The Labute approximate surface area is 80.6 Å². The van der Waals surface area contributed by atoms with Crippen LogP contribution in [0.5, 0.6) is 0 Å². The quantitative estimate of drug-likeness (QED) is 0.718. The van der Waals surface area contributed by atoms with Gasteiger partial charge in [0, 0.05) is 6.54 Å². The Morgan fingerprint density at radius 2 is 2.36 bits per heavy atom. The van der Waals surface area contributed by atoms with Gasteiger partial charge in [-0.1, -0.05) is 12.1 Å². The van der Waals surface area contributed by atoms with E-state index in [0.717, 1.165) is 0 Å². The predicted octanol–water partition coefficient (Wildman–Crippen LogP) is 1.81. The SMILES string of the molecule is O=C(O)C1CCNc2c(F)cccc21. The molecule has 14 heavy (non-hydrogen) atoms. The molecular weight excluding hydrogens is 185 g/mol. The van der Waals surface area contributed by atoms with Gasteiger partial charge in [0.2, 0.25) is 0 Å². The summed E-state index contributed by atoms with van der Waals surface area (Å²) in [5.74, 6) is -1.85. The summed E-state index contributed by atoms with van der Waals surface area (Å²) in [4.78, 5) is 10.9. The highest BCUT2D eigenvalue weighted by Crippen LogP contribution is 2.33. The zero-order chi connectivity index (χ0) is 10.1. The Morgan fingerprint density at radius 1 is 1.57 bits per heavy atom. The van der Waals surface area contributed by atoms with Crippen LogP contribution in [0, 0.1) is 5.82 Å². The Morgan fingerprint density at radius 3 is 3.07 bits per heavy atom. The molecule has 0 amide bonds. The molecule has 2 N–H and O–H groups in total. The second-order valence-corrected chi connectivity index (χ2v) is 3.31. The highest BCUT2D eigenvalue weighted by Gasteiger charge is 2.27. The number of anilines is 1. The maximum atomic E-state index is 13.3. The Kier molecular flexibility index (Phi) is 2.11. The maximum absolute atomic E-state index is 13.3. The van der Waals surface area contributed by atoms with Gasteiger partial charge in [-0.25, -0.2) is 4.39 Å². The molecule has 0 saturated carbocycles. The van der Waals surface area contributed by atoms with Gasteiger partial charge in [0.15, 0.2) is 0 Å². The molecule has 1 aliphatic rings. The molecule has 3 nitrogen and oxygen atoms in total. The number of benzene rings is 1. The summed E-state index contributed by atoms with van der Waals surface area (Å²) in [6.45, 7) is 0.505. The lowest BCUT2D eigenvalue weighted by Crippen LogP contribution is -2.23. The molecule has 1 aromatic carbocycles. The van der Waals surface area contributed by atoms with Crippen molar-refractivity contribution in [2.45, 2.75) is 12.3 Å². The Balaban J connectivity index is 2.49. The van der Waals surface area contributed by atoms with Crippen LogP contribution < -0.4 is 5.32 Å². The number of hydrogen-bond donors (Lipinski definition) is 2. The highest BCUT2D eigenvalue weighted by atomic mass is 19.1. The lowest BCUT2D eigenvalue weighted by atomic mass is 9.91. The molecule has 0 radical (unpaired) electrons. The molecule has 2 rings (SSSR count). The number of carboxylic acid groups (broad SMARTS) is 1. The first-order valence-corrected chi connectivity index (χ1v) is 4.45. The minimum Gasteiger partial charge on any atom is -0.481 e. The van der Waals surface area contributed by atoms with E-state index in [1.165, 1.54) is 12.1 Å². The number of rotatable bonds is 1. The fraction of sp³-hybridized carbons (Fsp3) is 0.300. The van der Waals surface area contributed by atoms with Crippen molar-refractivity contribution in [3.63, 3.8) is 0 Å². The summed E-state index contributed by atoms with van der Waals surface area (Å²) in [7, 11) is 0. The lowest BCUT2D eigenvalue weighted by Gasteiger charge is -2.23. The number of hydrogen-bond acceptors (Lipinski definition) is 2. The molecule has 1 unspecified atom stereocenters. The molecule has 1 aliphatic heterocycles. The smallest absolute Gasteiger partial charge is 0.311 e. The predicted molar refractivity (Wildman–Crippen MR) is 49.9 cm³/mol. The number of nitrogens with one attached hydrogen (secondary N) is 1. The zero-order valence-electron chi connectivity index (χ0n) is 7.46. The fourth-order valence-electron chi connectivity index (χ4n) is 1.77. The zero-order valence-corrected chi connectivity index (χ0v) is 7.46. The minimum atomic E-state index is -0.890. The third kappa shape index (κ3) is 1.32. The molecule has 0 aromatic heterocycles. The lowest BCUT2D eigenvalue weighted by molar-refractivity contribution is -0.138. The molecule has 1 aromatic rings. The van der Waals surface area contributed by atoms with Gasteiger partial charge in [0.25, 0.3) is 0 Å². The van der Waals surface area contributed by atoms with Gasteiger partial charge < -0.3 is 10.4 Å². The van der Waals surface area contributed by atoms with Crippen molar-refractivity contribution in [1.29, 1.82) is 0 Å². The molecule has 1 heterocycles. The van der Waals surface area contributed by atoms with Gasteiger partial charge in [0.05, 0.1) is 11.6 Å². The fourth-order valence-corrected chi connectivity index (χ4v) is 1.77. The van der Waals surface area contributed by atoms with Crippen LogP contribution in [0.25, 0.3) is 0 Å². The summed E-state index contributed by atoms with van der Waals surface area (Å²) in [6.07, 6.45) is 0.506. The summed E-state index contributed by atoms with van der Waals surface area (Å²) >= 11 is 0. The van der Waals surface area contributed by atoms with E-state index in [-0.39, 0.29) is 5.82 Å². The first-order valence-electron chi connectivity index (χ1n) is 4.45. The molecule has 0 bridgehead atoms. The molecular formula is C10H10FNO2.